The summed E-state index contributed by atoms with van der Waals surface area (Å²) in [6, 6.07) is 2.13. The van der Waals surface area contributed by atoms with E-state index in [0.717, 1.165) is 28.8 Å². The molecule has 0 saturated heterocycles. The molecule has 3 rings (SSSR count). The van der Waals surface area contributed by atoms with Crippen LogP contribution < -0.4 is 11.1 Å². The van der Waals surface area contributed by atoms with Gasteiger partial charge in [0.1, 0.15) is 4.88 Å². The molecule has 1 amide bonds. The predicted molar refractivity (Wildman–Crippen MR) is 87.5 cm³/mol. The Balaban J connectivity index is 1.77. The number of nitrogens with one attached hydrogen (secondary N) is 1. The van der Waals surface area contributed by atoms with Gasteiger partial charge in [-0.3, -0.25) is 9.78 Å². The van der Waals surface area contributed by atoms with Crippen molar-refractivity contribution in [2.45, 2.75) is 39.2 Å². The molecule has 21 heavy (non-hydrogen) atoms. The van der Waals surface area contributed by atoms with Gasteiger partial charge in [0.15, 0.2) is 0 Å². The molecule has 4 nitrogen and oxygen atoms in total. The molecule has 0 radical (unpaired) electrons. The number of fused-ring (bicyclic) bond motifs is 1. The van der Waals surface area contributed by atoms with Crippen molar-refractivity contribution in [1.82, 2.24) is 10.3 Å². The highest BCUT2D eigenvalue weighted by Gasteiger charge is 2.27. The van der Waals surface area contributed by atoms with E-state index in [1.165, 1.54) is 17.8 Å². The summed E-state index contributed by atoms with van der Waals surface area (Å²) in [4.78, 5) is 17.2. The summed E-state index contributed by atoms with van der Waals surface area (Å²) < 4.78 is 0.964. The fourth-order valence-electron chi connectivity index (χ4n) is 3.07. The van der Waals surface area contributed by atoms with Crippen molar-refractivity contribution in [2.24, 2.45) is 11.8 Å². The van der Waals surface area contributed by atoms with Crippen LogP contribution in [0.4, 0.5) is 5.69 Å². The molecular weight excluding hydrogens is 282 g/mol. The Kier molecular flexibility index (Phi) is 3.85. The van der Waals surface area contributed by atoms with Gasteiger partial charge >= 0.3 is 0 Å². The van der Waals surface area contributed by atoms with Crippen molar-refractivity contribution in [3.8, 4) is 0 Å². The fraction of sp³-hybridized carbons (Fsp3) is 0.500. The minimum atomic E-state index is -0.0412. The first-order valence-corrected chi connectivity index (χ1v) is 8.30. The first-order valence-electron chi connectivity index (χ1n) is 7.49. The van der Waals surface area contributed by atoms with Crippen molar-refractivity contribution in [1.29, 1.82) is 0 Å². The number of hydrogen-bond acceptors (Lipinski definition) is 4. The second-order valence-corrected chi connectivity index (χ2v) is 7.21. The van der Waals surface area contributed by atoms with Gasteiger partial charge in [-0.2, -0.15) is 0 Å². The van der Waals surface area contributed by atoms with E-state index in [1.807, 2.05) is 6.07 Å². The number of nitrogen functional groups attached to an aromatic ring is 1. The van der Waals surface area contributed by atoms with E-state index in [9.17, 15) is 4.79 Å². The van der Waals surface area contributed by atoms with E-state index in [1.54, 1.807) is 12.4 Å². The molecule has 3 N–H and O–H groups in total. The quantitative estimate of drug-likeness (QED) is 0.893. The lowest BCUT2D eigenvalue weighted by Gasteiger charge is -2.32. The van der Waals surface area contributed by atoms with Crippen LogP contribution >= 0.6 is 11.3 Å². The summed E-state index contributed by atoms with van der Waals surface area (Å²) in [5.74, 6) is 1.37. The highest BCUT2D eigenvalue weighted by Crippen LogP contribution is 2.34. The number of carbonyl (C=O) groups is 1. The number of thiophene rings is 1. The number of anilines is 1. The largest absolute Gasteiger partial charge is 0.397 e. The van der Waals surface area contributed by atoms with Gasteiger partial charge in [-0.25, -0.2) is 0 Å². The number of nitrogens with two attached hydrogens (primary N) is 1. The highest BCUT2D eigenvalue weighted by atomic mass is 32.1. The molecule has 5 heteroatoms. The maximum Gasteiger partial charge on any atom is 0.263 e. The second kappa shape index (κ2) is 5.64. The Hall–Kier alpha value is -1.62. The first-order chi connectivity index (χ1) is 10.1. The van der Waals surface area contributed by atoms with E-state index in [2.05, 4.69) is 24.1 Å². The van der Waals surface area contributed by atoms with Crippen LogP contribution in [0.15, 0.2) is 18.5 Å². The second-order valence-electron chi connectivity index (χ2n) is 6.15. The lowest BCUT2D eigenvalue weighted by molar-refractivity contribution is 0.0915. The number of pyridine rings is 1. The Morgan fingerprint density at radius 2 is 2.19 bits per heavy atom. The Bertz CT molecular complexity index is 667. The lowest BCUT2D eigenvalue weighted by Crippen LogP contribution is -2.39. The SMILES string of the molecule is CC1CCC(NC(=O)c2sc3cnccc3c2N)CC1C. The average Bonchev–Trinajstić information content (AvgIpc) is 2.81. The molecule has 112 valence electrons. The van der Waals surface area contributed by atoms with Crippen LogP contribution in [0, 0.1) is 11.8 Å². The standard InChI is InChI=1S/C16H21N3OS/c1-9-3-4-11(7-10(9)2)19-16(20)15-14(17)12-5-6-18-8-13(12)21-15/h5-6,8-11H,3-4,7,17H2,1-2H3,(H,19,20). The molecule has 3 atom stereocenters. The average molecular weight is 303 g/mol. The van der Waals surface area contributed by atoms with Crippen molar-refractivity contribution in [2.75, 3.05) is 5.73 Å². The molecule has 0 bridgehead atoms. The third-order valence-electron chi connectivity index (χ3n) is 4.67. The smallest absolute Gasteiger partial charge is 0.263 e. The van der Waals surface area contributed by atoms with E-state index < -0.39 is 0 Å². The molecule has 0 aromatic carbocycles. The molecule has 1 aliphatic carbocycles. The zero-order valence-electron chi connectivity index (χ0n) is 12.4. The molecule has 2 aromatic heterocycles. The molecule has 1 saturated carbocycles. The third kappa shape index (κ3) is 2.75. The van der Waals surface area contributed by atoms with Crippen LogP contribution in [-0.4, -0.2) is 16.9 Å². The monoisotopic (exact) mass is 303 g/mol. The minimum Gasteiger partial charge on any atom is -0.397 e. The van der Waals surface area contributed by atoms with Gasteiger partial charge in [-0.05, 0) is 37.2 Å². The summed E-state index contributed by atoms with van der Waals surface area (Å²) >= 11 is 1.42. The number of rotatable bonds is 2. The van der Waals surface area contributed by atoms with Crippen LogP contribution in [0.3, 0.4) is 0 Å². The molecule has 3 unspecified atom stereocenters. The molecule has 2 heterocycles. The van der Waals surface area contributed by atoms with Crippen LogP contribution in [0.5, 0.6) is 0 Å². The summed E-state index contributed by atoms with van der Waals surface area (Å²) in [6.07, 6.45) is 6.76. The number of nitrogens with zero attached hydrogens (tertiary/aromatic N) is 1. The fourth-order valence-corrected chi connectivity index (χ4v) is 4.06. The Morgan fingerprint density at radius 3 is 2.90 bits per heavy atom. The molecule has 2 aromatic rings. The lowest BCUT2D eigenvalue weighted by atomic mass is 9.79. The zero-order chi connectivity index (χ0) is 15.0. The van der Waals surface area contributed by atoms with E-state index in [-0.39, 0.29) is 11.9 Å². The summed E-state index contributed by atoms with van der Waals surface area (Å²) in [7, 11) is 0. The van der Waals surface area contributed by atoms with Crippen LogP contribution in [0.2, 0.25) is 0 Å². The van der Waals surface area contributed by atoms with Gasteiger partial charge in [0.2, 0.25) is 0 Å². The van der Waals surface area contributed by atoms with Crippen LogP contribution in [0.1, 0.15) is 42.8 Å². The van der Waals surface area contributed by atoms with Crippen LogP contribution in [-0.2, 0) is 0 Å². The zero-order valence-corrected chi connectivity index (χ0v) is 13.2. The highest BCUT2D eigenvalue weighted by molar-refractivity contribution is 7.21. The maximum atomic E-state index is 12.5. The first kappa shape index (κ1) is 14.3. The van der Waals surface area contributed by atoms with Crippen molar-refractivity contribution in [3.05, 3.63) is 23.3 Å². The minimum absolute atomic E-state index is 0.0412. The normalized spacial score (nSPS) is 25.9. The van der Waals surface area contributed by atoms with Crippen molar-refractivity contribution >= 4 is 33.0 Å². The van der Waals surface area contributed by atoms with E-state index in [4.69, 9.17) is 5.73 Å². The third-order valence-corrected chi connectivity index (χ3v) is 5.83. The van der Waals surface area contributed by atoms with Gasteiger partial charge in [0, 0.05) is 23.8 Å². The summed E-state index contributed by atoms with van der Waals surface area (Å²) in [5.41, 5.74) is 6.69. The molecular formula is C16H21N3OS. The van der Waals surface area contributed by atoms with Gasteiger partial charge in [-0.15, -0.1) is 11.3 Å². The van der Waals surface area contributed by atoms with Crippen LogP contribution in [0.25, 0.3) is 10.1 Å². The van der Waals surface area contributed by atoms with Gasteiger partial charge in [0.25, 0.3) is 5.91 Å². The summed E-state index contributed by atoms with van der Waals surface area (Å²) in [6.45, 7) is 4.56. The molecule has 1 aliphatic rings. The van der Waals surface area contributed by atoms with E-state index in [0.29, 0.717) is 16.5 Å². The molecule has 0 spiro atoms. The number of amides is 1. The number of hydrogen-bond donors (Lipinski definition) is 2. The van der Waals surface area contributed by atoms with E-state index >= 15 is 0 Å². The van der Waals surface area contributed by atoms with Crippen molar-refractivity contribution < 1.29 is 4.79 Å². The summed E-state index contributed by atoms with van der Waals surface area (Å²) in [5, 5.41) is 4.08. The van der Waals surface area contributed by atoms with Gasteiger partial charge in [0.05, 0.1) is 10.4 Å². The predicted octanol–water partition coefficient (Wildman–Crippen LogP) is 3.43. The topological polar surface area (TPSA) is 68.0 Å². The van der Waals surface area contributed by atoms with Gasteiger partial charge in [-0.1, -0.05) is 13.8 Å². The maximum absolute atomic E-state index is 12.5. The molecule has 1 fully saturated rings. The Labute approximate surface area is 128 Å². The van der Waals surface area contributed by atoms with Gasteiger partial charge < -0.3 is 11.1 Å². The molecule has 0 aliphatic heterocycles. The van der Waals surface area contributed by atoms with Crippen molar-refractivity contribution in [3.63, 3.8) is 0 Å². The number of carbonyl (C=O) groups excluding carboxylic acids is 1. The Morgan fingerprint density at radius 1 is 1.38 bits per heavy atom. The number of aromatic nitrogens is 1.